The number of anilines is 1. The maximum Gasteiger partial charge on any atom is 0.274 e. The highest BCUT2D eigenvalue weighted by Crippen LogP contribution is 2.60. The Labute approximate surface area is 265 Å². The first-order chi connectivity index (χ1) is 21.9. The molecule has 4 bridgehead atoms. The van der Waals surface area contributed by atoms with E-state index < -0.39 is 0 Å². The van der Waals surface area contributed by atoms with Crippen molar-refractivity contribution in [1.29, 1.82) is 0 Å². The summed E-state index contributed by atoms with van der Waals surface area (Å²) in [7, 11) is 1.96. The molecule has 232 valence electrons. The lowest BCUT2D eigenvalue weighted by molar-refractivity contribution is -0.0629. The zero-order valence-electron chi connectivity index (χ0n) is 26.2. The number of piperazine rings is 1. The Bertz CT molecular complexity index is 1680. The second-order valence-electron chi connectivity index (χ2n) is 14.5. The predicted octanol–water partition coefficient (Wildman–Crippen LogP) is 6.61. The molecule has 5 aliphatic rings. The molecule has 0 unspecified atom stereocenters. The zero-order valence-corrected chi connectivity index (χ0v) is 26.2. The molecule has 1 N–H and O–H groups in total. The summed E-state index contributed by atoms with van der Waals surface area (Å²) < 4.78 is 0. The van der Waals surface area contributed by atoms with Crippen molar-refractivity contribution in [1.82, 2.24) is 20.0 Å². The van der Waals surface area contributed by atoms with Crippen molar-refractivity contribution in [3.63, 3.8) is 0 Å². The number of carbonyl (C=O) groups is 1. The average Bonchev–Trinajstić information content (AvgIpc) is 3.04. The SMILES string of the molecule is CN(CC12CC3CC(CC(C3)C1)C2)C(=O)c1ccc(N2CCN(Cc3ccc(-c4cccc(O)c4)c4ccccc34)CC2)nn1. The number of rotatable bonds is 7. The number of phenols is 1. The molecule has 7 nitrogen and oxygen atoms in total. The van der Waals surface area contributed by atoms with Gasteiger partial charge in [0.25, 0.3) is 5.91 Å². The van der Waals surface area contributed by atoms with Crippen LogP contribution in [0.15, 0.2) is 72.8 Å². The van der Waals surface area contributed by atoms with Gasteiger partial charge in [0.05, 0.1) is 0 Å². The zero-order chi connectivity index (χ0) is 30.5. The lowest BCUT2D eigenvalue weighted by atomic mass is 9.49. The van der Waals surface area contributed by atoms with E-state index in [4.69, 9.17) is 0 Å². The van der Waals surface area contributed by atoms with Crippen LogP contribution in [0.2, 0.25) is 0 Å². The van der Waals surface area contributed by atoms with Gasteiger partial charge in [-0.25, -0.2) is 0 Å². The minimum absolute atomic E-state index is 0.00285. The highest BCUT2D eigenvalue weighted by Gasteiger charge is 2.51. The summed E-state index contributed by atoms with van der Waals surface area (Å²) in [5, 5.41) is 21.4. The fraction of sp³-hybridized carbons (Fsp3) is 0.447. The molecule has 0 spiro atoms. The van der Waals surface area contributed by atoms with Crippen molar-refractivity contribution in [2.24, 2.45) is 23.2 Å². The second-order valence-corrected chi connectivity index (χ2v) is 14.5. The molecule has 1 aromatic heterocycles. The fourth-order valence-corrected chi connectivity index (χ4v) is 9.66. The Hall–Kier alpha value is -3.97. The van der Waals surface area contributed by atoms with Crippen LogP contribution in [0.1, 0.15) is 54.6 Å². The molecule has 0 radical (unpaired) electrons. The van der Waals surface area contributed by atoms with Gasteiger partial charge in [0, 0.05) is 46.3 Å². The number of fused-ring (bicyclic) bond motifs is 1. The molecule has 9 rings (SSSR count). The molecule has 4 saturated carbocycles. The van der Waals surface area contributed by atoms with Crippen LogP contribution in [0.4, 0.5) is 5.82 Å². The van der Waals surface area contributed by atoms with Gasteiger partial charge in [-0.05, 0) is 113 Å². The molecule has 0 atom stereocenters. The standard InChI is InChI=1S/C38H43N5O2/c1-41(25-38-21-26-17-27(22-38)19-28(18-26)23-38)37(45)35-11-12-36(40-39-35)43-15-13-42(14-16-43)24-30-9-10-33(29-5-4-6-31(44)20-29)34-8-3-2-7-32(30)34/h2-12,20,26-28,44H,13-19,21-25H2,1H3. The summed E-state index contributed by atoms with van der Waals surface area (Å²) >= 11 is 0. The van der Waals surface area contributed by atoms with Crippen molar-refractivity contribution in [3.8, 4) is 16.9 Å². The lowest BCUT2D eigenvalue weighted by Gasteiger charge is -2.57. The van der Waals surface area contributed by atoms with Crippen LogP contribution in [-0.4, -0.2) is 70.8 Å². The Morgan fingerprint density at radius 2 is 1.56 bits per heavy atom. The van der Waals surface area contributed by atoms with Gasteiger partial charge in [0.1, 0.15) is 5.75 Å². The molecule has 4 aromatic rings. The quantitative estimate of drug-likeness (QED) is 0.257. The number of amides is 1. The van der Waals surface area contributed by atoms with E-state index in [-0.39, 0.29) is 11.7 Å². The number of phenolic OH excluding ortho intramolecular Hbond substituents is 1. The van der Waals surface area contributed by atoms with E-state index in [0.29, 0.717) is 11.1 Å². The predicted molar refractivity (Wildman–Crippen MR) is 178 cm³/mol. The number of aromatic hydroxyl groups is 1. The summed E-state index contributed by atoms with van der Waals surface area (Å²) in [6, 6.07) is 24.3. The van der Waals surface area contributed by atoms with Crippen LogP contribution >= 0.6 is 0 Å². The van der Waals surface area contributed by atoms with E-state index in [0.717, 1.165) is 74.0 Å². The number of benzene rings is 3. The summed E-state index contributed by atoms with van der Waals surface area (Å²) in [5.74, 6) is 3.78. The molecular formula is C38H43N5O2. The van der Waals surface area contributed by atoms with Crippen LogP contribution in [-0.2, 0) is 6.54 Å². The van der Waals surface area contributed by atoms with E-state index >= 15 is 0 Å². The van der Waals surface area contributed by atoms with Gasteiger partial charge in [0.15, 0.2) is 11.5 Å². The Morgan fingerprint density at radius 3 is 2.22 bits per heavy atom. The van der Waals surface area contributed by atoms with Crippen LogP contribution < -0.4 is 4.90 Å². The van der Waals surface area contributed by atoms with Gasteiger partial charge in [-0.2, -0.15) is 0 Å². The van der Waals surface area contributed by atoms with Crippen molar-refractivity contribution >= 4 is 22.5 Å². The first-order valence-electron chi connectivity index (χ1n) is 16.8. The number of hydrogen-bond donors (Lipinski definition) is 1. The second kappa shape index (κ2) is 11.4. The van der Waals surface area contributed by atoms with Crippen LogP contribution in [0.25, 0.3) is 21.9 Å². The van der Waals surface area contributed by atoms with Gasteiger partial charge >= 0.3 is 0 Å². The molecule has 2 heterocycles. The highest BCUT2D eigenvalue weighted by atomic mass is 16.3. The van der Waals surface area contributed by atoms with E-state index in [1.54, 1.807) is 6.07 Å². The molecule has 1 aliphatic heterocycles. The minimum Gasteiger partial charge on any atom is -0.508 e. The fourth-order valence-electron chi connectivity index (χ4n) is 9.66. The Morgan fingerprint density at radius 1 is 0.844 bits per heavy atom. The van der Waals surface area contributed by atoms with Gasteiger partial charge in [-0.3, -0.25) is 9.69 Å². The summed E-state index contributed by atoms with van der Waals surface area (Å²) in [5.41, 5.74) is 4.24. The van der Waals surface area contributed by atoms with E-state index in [9.17, 15) is 9.90 Å². The van der Waals surface area contributed by atoms with Crippen LogP contribution in [0, 0.1) is 23.2 Å². The molecular weight excluding hydrogens is 558 g/mol. The summed E-state index contributed by atoms with van der Waals surface area (Å²) in [6.07, 6.45) is 8.16. The molecule has 5 fully saturated rings. The molecule has 3 aromatic carbocycles. The maximum atomic E-state index is 13.4. The van der Waals surface area contributed by atoms with E-state index in [2.05, 4.69) is 56.4 Å². The van der Waals surface area contributed by atoms with E-state index in [1.165, 1.54) is 54.9 Å². The smallest absolute Gasteiger partial charge is 0.274 e. The third kappa shape index (κ3) is 5.56. The van der Waals surface area contributed by atoms with Crippen molar-refractivity contribution in [2.75, 3.05) is 44.7 Å². The molecule has 7 heteroatoms. The largest absolute Gasteiger partial charge is 0.508 e. The monoisotopic (exact) mass is 601 g/mol. The van der Waals surface area contributed by atoms with Crippen molar-refractivity contribution < 1.29 is 9.90 Å². The Kier molecular flexibility index (Phi) is 7.24. The summed E-state index contributed by atoms with van der Waals surface area (Å²) in [4.78, 5) is 20.1. The van der Waals surface area contributed by atoms with Crippen LogP contribution in [0.3, 0.4) is 0 Å². The lowest BCUT2D eigenvalue weighted by Crippen LogP contribution is -2.51. The molecule has 1 saturated heterocycles. The average molecular weight is 602 g/mol. The molecule has 1 amide bonds. The molecule has 4 aliphatic carbocycles. The first kappa shape index (κ1) is 28.5. The normalized spacial score (nSPS) is 26.0. The first-order valence-corrected chi connectivity index (χ1v) is 16.8. The van der Waals surface area contributed by atoms with Gasteiger partial charge in [-0.1, -0.05) is 48.5 Å². The van der Waals surface area contributed by atoms with Crippen LogP contribution in [0.5, 0.6) is 5.75 Å². The van der Waals surface area contributed by atoms with Gasteiger partial charge in [-0.15, -0.1) is 10.2 Å². The number of aromatic nitrogens is 2. The number of nitrogens with zero attached hydrogens (tertiary/aromatic N) is 5. The highest BCUT2D eigenvalue weighted by molar-refractivity contribution is 5.98. The Balaban J connectivity index is 0.891. The minimum atomic E-state index is -0.00285. The van der Waals surface area contributed by atoms with Crippen molar-refractivity contribution in [3.05, 3.63) is 84.1 Å². The third-order valence-corrected chi connectivity index (χ3v) is 11.2. The number of hydrogen-bond acceptors (Lipinski definition) is 6. The van der Waals surface area contributed by atoms with Crippen molar-refractivity contribution in [2.45, 2.75) is 45.1 Å². The maximum absolute atomic E-state index is 13.4. The summed E-state index contributed by atoms with van der Waals surface area (Å²) in [6.45, 7) is 5.33. The third-order valence-electron chi connectivity index (χ3n) is 11.2. The van der Waals surface area contributed by atoms with Gasteiger partial charge < -0.3 is 14.9 Å². The molecule has 45 heavy (non-hydrogen) atoms. The topological polar surface area (TPSA) is 72.8 Å². The number of carbonyl (C=O) groups excluding carboxylic acids is 1. The van der Waals surface area contributed by atoms with Gasteiger partial charge in [0.2, 0.25) is 0 Å². The van der Waals surface area contributed by atoms with E-state index in [1.807, 2.05) is 42.3 Å².